The van der Waals surface area contributed by atoms with Crippen LogP contribution in [-0.4, -0.2) is 64.8 Å². The quantitative estimate of drug-likeness (QED) is 0.319. The molecule has 0 spiro atoms. The van der Waals surface area contributed by atoms with E-state index < -0.39 is 15.9 Å². The number of fused-ring (bicyclic) bond motifs is 1. The smallest absolute Gasteiger partial charge is 0.153 e. The van der Waals surface area contributed by atoms with Crippen LogP contribution in [0.4, 0.5) is 5.82 Å². The third kappa shape index (κ3) is 4.97. The molecular formula is C27H25Cl2N7O3S. The number of sulfone groups is 1. The SMILES string of the molecule is C[C@@H](Oc1ccc2[nH]nc(-c3cnc(N4CC(C)(NC5CS(=O)(=O)C5)C4)c(C#N)c3)c2c1)c1c(Cl)cncc1Cl. The second-order valence-electron chi connectivity index (χ2n) is 10.6. The number of hydrogen-bond acceptors (Lipinski definition) is 9. The number of hydrogen-bond donors (Lipinski definition) is 2. The van der Waals surface area contributed by atoms with Crippen LogP contribution in [0, 0.1) is 11.3 Å². The number of nitrogens with zero attached hydrogens (tertiary/aromatic N) is 5. The zero-order chi connectivity index (χ0) is 28.2. The van der Waals surface area contributed by atoms with Gasteiger partial charge in [0.15, 0.2) is 9.84 Å². The molecule has 0 saturated carbocycles. The highest BCUT2D eigenvalue weighted by atomic mass is 35.5. The number of nitriles is 1. The van der Waals surface area contributed by atoms with Crippen LogP contribution in [-0.2, 0) is 9.84 Å². The summed E-state index contributed by atoms with van der Waals surface area (Å²) in [4.78, 5) is 10.6. The van der Waals surface area contributed by atoms with E-state index in [0.717, 1.165) is 10.9 Å². The first kappa shape index (κ1) is 26.8. The van der Waals surface area contributed by atoms with E-state index in [1.165, 1.54) is 12.4 Å². The molecule has 0 amide bonds. The molecule has 0 aliphatic carbocycles. The third-order valence-electron chi connectivity index (χ3n) is 7.25. The Balaban J connectivity index is 1.21. The van der Waals surface area contributed by atoms with Crippen molar-refractivity contribution in [1.82, 2.24) is 25.5 Å². The molecule has 2 saturated heterocycles. The lowest BCUT2D eigenvalue weighted by Crippen LogP contribution is -2.72. The fraction of sp³-hybridized carbons (Fsp3) is 0.333. The molecule has 2 aliphatic heterocycles. The van der Waals surface area contributed by atoms with E-state index in [4.69, 9.17) is 27.9 Å². The minimum atomic E-state index is -2.89. The molecule has 2 aliphatic rings. The van der Waals surface area contributed by atoms with Crippen molar-refractivity contribution in [3.63, 3.8) is 0 Å². The molecule has 10 nitrogen and oxygen atoms in total. The number of benzene rings is 1. The second kappa shape index (κ2) is 9.89. The standard InChI is InChI=1S/C27H25Cl2N7O3S/c1-15(24-21(28)9-31-10-22(24)29)39-19-3-4-23-20(6-19)25(35-34-23)17-5-16(7-30)26(32-8-17)36-13-27(2,14-36)33-18-11-40(37,38)12-18/h3-6,8-10,15,18,33H,11-14H2,1-2H3,(H,34,35)/t15-/m1/s1. The van der Waals surface area contributed by atoms with E-state index in [9.17, 15) is 13.7 Å². The van der Waals surface area contributed by atoms with E-state index in [1.54, 1.807) is 12.3 Å². The topological polar surface area (TPSA) is 137 Å². The Kier molecular flexibility index (Phi) is 6.62. The van der Waals surface area contributed by atoms with E-state index in [1.807, 2.05) is 30.0 Å². The van der Waals surface area contributed by atoms with Crippen LogP contribution in [0.3, 0.4) is 0 Å². The molecule has 2 fully saturated rings. The summed E-state index contributed by atoms with van der Waals surface area (Å²) < 4.78 is 29.2. The summed E-state index contributed by atoms with van der Waals surface area (Å²) in [5.41, 5.74) is 3.00. The van der Waals surface area contributed by atoms with Crippen molar-refractivity contribution < 1.29 is 13.2 Å². The molecule has 5 heterocycles. The van der Waals surface area contributed by atoms with Crippen molar-refractivity contribution in [2.45, 2.75) is 31.5 Å². The summed E-state index contributed by atoms with van der Waals surface area (Å²) in [5.74, 6) is 1.54. The number of aromatic nitrogens is 4. The molecule has 1 atom stereocenters. The van der Waals surface area contributed by atoms with Gasteiger partial charge < -0.3 is 15.0 Å². The number of nitrogens with one attached hydrogen (secondary N) is 2. The lowest BCUT2D eigenvalue weighted by Gasteiger charge is -2.51. The van der Waals surface area contributed by atoms with Crippen LogP contribution in [0.5, 0.6) is 5.75 Å². The van der Waals surface area contributed by atoms with Crippen molar-refractivity contribution in [2.24, 2.45) is 0 Å². The van der Waals surface area contributed by atoms with Crippen LogP contribution in [0.25, 0.3) is 22.2 Å². The number of aromatic amines is 1. The highest BCUT2D eigenvalue weighted by Crippen LogP contribution is 2.36. The average Bonchev–Trinajstić information content (AvgIpc) is 3.29. The fourth-order valence-electron chi connectivity index (χ4n) is 5.46. The number of pyridine rings is 2. The summed E-state index contributed by atoms with van der Waals surface area (Å²) in [6.45, 7) is 5.17. The summed E-state index contributed by atoms with van der Waals surface area (Å²) in [7, 11) is -2.89. The van der Waals surface area contributed by atoms with Crippen molar-refractivity contribution in [3.8, 4) is 23.1 Å². The number of rotatable bonds is 7. The minimum Gasteiger partial charge on any atom is -0.486 e. The van der Waals surface area contributed by atoms with Crippen LogP contribution >= 0.6 is 23.2 Å². The summed E-state index contributed by atoms with van der Waals surface area (Å²) >= 11 is 12.6. The molecule has 40 heavy (non-hydrogen) atoms. The van der Waals surface area contributed by atoms with Crippen molar-refractivity contribution in [2.75, 3.05) is 29.5 Å². The zero-order valence-corrected chi connectivity index (χ0v) is 24.0. The molecule has 3 aromatic heterocycles. The second-order valence-corrected chi connectivity index (χ2v) is 13.6. The maximum absolute atomic E-state index is 11.5. The Hall–Kier alpha value is -3.43. The Morgan fingerprint density at radius 2 is 1.93 bits per heavy atom. The van der Waals surface area contributed by atoms with Gasteiger partial charge in [-0.15, -0.1) is 0 Å². The van der Waals surface area contributed by atoms with Gasteiger partial charge in [0.05, 0.1) is 38.2 Å². The number of ether oxygens (including phenoxy) is 1. The predicted octanol–water partition coefficient (Wildman–Crippen LogP) is 4.30. The van der Waals surface area contributed by atoms with E-state index in [0.29, 0.717) is 57.1 Å². The Labute approximate surface area is 241 Å². The first-order valence-electron chi connectivity index (χ1n) is 12.6. The van der Waals surface area contributed by atoms with Gasteiger partial charge in [-0.3, -0.25) is 10.1 Å². The van der Waals surface area contributed by atoms with Gasteiger partial charge in [0, 0.05) is 54.2 Å². The van der Waals surface area contributed by atoms with E-state index in [2.05, 4.69) is 38.5 Å². The van der Waals surface area contributed by atoms with Crippen LogP contribution in [0.2, 0.25) is 10.0 Å². The summed E-state index contributed by atoms with van der Waals surface area (Å²) in [6, 6.07) is 9.61. The van der Waals surface area contributed by atoms with Gasteiger partial charge >= 0.3 is 0 Å². The Morgan fingerprint density at radius 1 is 1.20 bits per heavy atom. The largest absolute Gasteiger partial charge is 0.486 e. The van der Waals surface area contributed by atoms with Crippen molar-refractivity contribution in [3.05, 3.63) is 64.0 Å². The molecule has 13 heteroatoms. The molecule has 206 valence electrons. The van der Waals surface area contributed by atoms with Crippen LogP contribution in [0.1, 0.15) is 31.1 Å². The highest BCUT2D eigenvalue weighted by Gasteiger charge is 2.45. The predicted molar refractivity (Wildman–Crippen MR) is 154 cm³/mol. The van der Waals surface area contributed by atoms with E-state index in [-0.39, 0.29) is 23.1 Å². The van der Waals surface area contributed by atoms with Crippen LogP contribution in [0.15, 0.2) is 42.9 Å². The Bertz CT molecular complexity index is 1750. The minimum absolute atomic E-state index is 0.0219. The molecule has 2 N–H and O–H groups in total. The first-order chi connectivity index (χ1) is 19.0. The lowest BCUT2D eigenvalue weighted by atomic mass is 9.90. The number of anilines is 1. The zero-order valence-electron chi connectivity index (χ0n) is 21.6. The lowest BCUT2D eigenvalue weighted by molar-refractivity contribution is 0.227. The molecule has 4 aromatic rings. The van der Waals surface area contributed by atoms with Crippen LogP contribution < -0.4 is 15.0 Å². The molecule has 6 rings (SSSR count). The van der Waals surface area contributed by atoms with Crippen molar-refractivity contribution >= 4 is 49.8 Å². The van der Waals surface area contributed by atoms with Gasteiger partial charge in [0.2, 0.25) is 0 Å². The Morgan fingerprint density at radius 3 is 2.60 bits per heavy atom. The fourth-order valence-corrected chi connectivity index (χ4v) is 7.43. The highest BCUT2D eigenvalue weighted by molar-refractivity contribution is 7.92. The summed E-state index contributed by atoms with van der Waals surface area (Å²) in [5, 5.41) is 22.5. The van der Waals surface area contributed by atoms with Gasteiger partial charge in [-0.05, 0) is 38.1 Å². The van der Waals surface area contributed by atoms with Gasteiger partial charge in [-0.1, -0.05) is 23.2 Å². The van der Waals surface area contributed by atoms with Crippen molar-refractivity contribution in [1.29, 1.82) is 5.26 Å². The van der Waals surface area contributed by atoms with E-state index >= 15 is 0 Å². The normalized spacial score (nSPS) is 18.5. The maximum Gasteiger partial charge on any atom is 0.153 e. The number of H-pyrrole nitrogens is 1. The number of halogens is 2. The van der Waals surface area contributed by atoms with Gasteiger partial charge in [-0.25, -0.2) is 13.4 Å². The first-order valence-corrected chi connectivity index (χ1v) is 15.2. The molecule has 0 unspecified atom stereocenters. The van der Waals surface area contributed by atoms with Gasteiger partial charge in [0.25, 0.3) is 0 Å². The third-order valence-corrected chi connectivity index (χ3v) is 9.67. The van der Waals surface area contributed by atoms with Gasteiger partial charge in [-0.2, -0.15) is 10.4 Å². The summed E-state index contributed by atoms with van der Waals surface area (Å²) in [6.07, 6.45) is 4.34. The molecule has 1 aromatic carbocycles. The molecule has 0 radical (unpaired) electrons. The average molecular weight is 599 g/mol. The molecule has 0 bridgehead atoms. The molecular weight excluding hydrogens is 573 g/mol. The monoisotopic (exact) mass is 597 g/mol. The maximum atomic E-state index is 11.5. The van der Waals surface area contributed by atoms with Gasteiger partial charge in [0.1, 0.15) is 29.4 Å².